The molecule has 0 fully saturated rings. The second-order valence-corrected chi connectivity index (χ2v) is 8.04. The Balaban J connectivity index is 1.47. The first-order chi connectivity index (χ1) is 16.3. The van der Waals surface area contributed by atoms with Crippen LogP contribution < -0.4 is 16.2 Å². The van der Waals surface area contributed by atoms with Crippen molar-refractivity contribution < 1.29 is 9.59 Å². The summed E-state index contributed by atoms with van der Waals surface area (Å²) in [5, 5.41) is 9.66. The van der Waals surface area contributed by atoms with Crippen LogP contribution in [-0.4, -0.2) is 31.0 Å². The van der Waals surface area contributed by atoms with Gasteiger partial charge in [-0.05, 0) is 49.2 Å². The van der Waals surface area contributed by atoms with Crippen LogP contribution in [0.4, 0.5) is 11.4 Å². The minimum Gasteiger partial charge on any atom is -0.326 e. The lowest BCUT2D eigenvalue weighted by molar-refractivity contribution is -0.116. The van der Waals surface area contributed by atoms with Gasteiger partial charge in [0.2, 0.25) is 5.91 Å². The molecule has 0 bridgehead atoms. The highest BCUT2D eigenvalue weighted by Gasteiger charge is 2.19. The maximum Gasteiger partial charge on any atom is 0.295 e. The van der Waals surface area contributed by atoms with E-state index in [0.29, 0.717) is 35.5 Å². The van der Waals surface area contributed by atoms with E-state index in [1.807, 2.05) is 43.6 Å². The van der Waals surface area contributed by atoms with E-state index in [0.717, 1.165) is 5.56 Å². The number of carbonyl (C=O) groups is 2. The number of nitrogens with zero attached hydrogens (tertiary/aromatic N) is 4. The molecule has 0 aliphatic carbocycles. The van der Waals surface area contributed by atoms with E-state index in [1.54, 1.807) is 53.8 Å². The van der Waals surface area contributed by atoms with Gasteiger partial charge >= 0.3 is 0 Å². The largest absolute Gasteiger partial charge is 0.326 e. The number of benzene rings is 2. The molecule has 0 unspecified atom stereocenters. The van der Waals surface area contributed by atoms with Crippen molar-refractivity contribution >= 4 is 23.2 Å². The number of rotatable bonds is 7. The Bertz CT molecular complexity index is 1400. The van der Waals surface area contributed by atoms with E-state index in [9.17, 15) is 14.4 Å². The number of nitrogens with one attached hydrogen (secondary N) is 2. The molecule has 0 spiro atoms. The summed E-state index contributed by atoms with van der Waals surface area (Å²) in [4.78, 5) is 38.3. The van der Waals surface area contributed by atoms with E-state index in [2.05, 4.69) is 15.7 Å². The standard InChI is InChI=1S/C25H26N6O3/c1-17-23(25(34)31(30(17)3)21-10-5-4-6-11-21)28-24(33)19-8-7-9-20(14-19)27-22(32)13-12-18-15-26-29(2)16-18/h4-11,14-16H,12-13H2,1-3H3,(H,27,32)(H,28,33). The van der Waals surface area contributed by atoms with Crippen molar-refractivity contribution in [3.63, 3.8) is 0 Å². The van der Waals surface area contributed by atoms with Crippen LogP contribution in [0.25, 0.3) is 5.69 Å². The van der Waals surface area contributed by atoms with Crippen LogP contribution in [-0.2, 0) is 25.3 Å². The molecule has 34 heavy (non-hydrogen) atoms. The quantitative estimate of drug-likeness (QED) is 0.444. The molecule has 9 nitrogen and oxygen atoms in total. The van der Waals surface area contributed by atoms with Gasteiger partial charge in [0.25, 0.3) is 11.5 Å². The molecule has 0 saturated heterocycles. The number of hydrogen-bond acceptors (Lipinski definition) is 4. The molecule has 2 aromatic carbocycles. The normalized spacial score (nSPS) is 10.8. The van der Waals surface area contributed by atoms with Gasteiger partial charge in [0, 0.05) is 38.0 Å². The molecule has 0 atom stereocenters. The number of aromatic nitrogens is 4. The van der Waals surface area contributed by atoms with Gasteiger partial charge in [-0.2, -0.15) is 5.10 Å². The van der Waals surface area contributed by atoms with Crippen LogP contribution >= 0.6 is 0 Å². The lowest BCUT2D eigenvalue weighted by Crippen LogP contribution is -2.23. The maximum atomic E-state index is 13.0. The second kappa shape index (κ2) is 9.62. The van der Waals surface area contributed by atoms with Crippen LogP contribution in [0.2, 0.25) is 0 Å². The van der Waals surface area contributed by atoms with E-state index in [-0.39, 0.29) is 17.2 Å². The van der Waals surface area contributed by atoms with Crippen molar-refractivity contribution in [3.8, 4) is 5.69 Å². The van der Waals surface area contributed by atoms with Gasteiger partial charge < -0.3 is 10.6 Å². The predicted molar refractivity (Wildman–Crippen MR) is 130 cm³/mol. The van der Waals surface area contributed by atoms with Crippen LogP contribution in [0.5, 0.6) is 0 Å². The molecule has 2 N–H and O–H groups in total. The minimum absolute atomic E-state index is 0.161. The molecular formula is C25H26N6O3. The molecule has 9 heteroatoms. The summed E-state index contributed by atoms with van der Waals surface area (Å²) in [5.41, 5.74) is 3.04. The van der Waals surface area contributed by atoms with Crippen molar-refractivity contribution in [2.75, 3.05) is 10.6 Å². The van der Waals surface area contributed by atoms with Gasteiger partial charge in [-0.25, -0.2) is 4.68 Å². The fourth-order valence-corrected chi connectivity index (χ4v) is 3.72. The first-order valence-electron chi connectivity index (χ1n) is 10.9. The van der Waals surface area contributed by atoms with Gasteiger partial charge in [-0.15, -0.1) is 0 Å². The van der Waals surface area contributed by atoms with Crippen LogP contribution in [0.3, 0.4) is 0 Å². The van der Waals surface area contributed by atoms with Gasteiger partial charge in [0.05, 0.1) is 17.6 Å². The number of para-hydroxylation sites is 1. The van der Waals surface area contributed by atoms with E-state index in [4.69, 9.17) is 0 Å². The predicted octanol–water partition coefficient (Wildman–Crippen LogP) is 3.04. The number of aryl methyl sites for hydroxylation is 2. The third kappa shape index (κ3) is 4.83. The molecule has 2 amide bonds. The Morgan fingerprint density at radius 1 is 1.00 bits per heavy atom. The van der Waals surface area contributed by atoms with Crippen molar-refractivity contribution in [2.24, 2.45) is 14.1 Å². The maximum absolute atomic E-state index is 13.0. The lowest BCUT2D eigenvalue weighted by Gasteiger charge is -2.08. The average Bonchev–Trinajstić information content (AvgIpc) is 3.34. The van der Waals surface area contributed by atoms with Crippen molar-refractivity contribution in [3.05, 3.63) is 94.2 Å². The zero-order valence-corrected chi connectivity index (χ0v) is 19.3. The Morgan fingerprint density at radius 2 is 1.76 bits per heavy atom. The molecule has 0 aliphatic heterocycles. The van der Waals surface area contributed by atoms with Crippen molar-refractivity contribution in [1.82, 2.24) is 19.1 Å². The van der Waals surface area contributed by atoms with Gasteiger partial charge in [-0.1, -0.05) is 24.3 Å². The summed E-state index contributed by atoms with van der Waals surface area (Å²) in [5.74, 6) is -0.594. The molecule has 0 aliphatic rings. The third-order valence-corrected chi connectivity index (χ3v) is 5.60. The topological polar surface area (TPSA) is 103 Å². The number of carbonyl (C=O) groups excluding carboxylic acids is 2. The van der Waals surface area contributed by atoms with Crippen molar-refractivity contribution in [2.45, 2.75) is 19.8 Å². The second-order valence-electron chi connectivity index (χ2n) is 8.04. The Kier molecular flexibility index (Phi) is 6.44. The van der Waals surface area contributed by atoms with E-state index in [1.165, 1.54) is 4.68 Å². The SMILES string of the molecule is Cc1c(NC(=O)c2cccc(NC(=O)CCc3cnn(C)c3)c2)c(=O)n(-c2ccccc2)n1C. The Hall–Kier alpha value is -4.40. The monoisotopic (exact) mass is 458 g/mol. The van der Waals surface area contributed by atoms with Crippen molar-refractivity contribution in [1.29, 1.82) is 0 Å². The Labute approximate surface area is 196 Å². The van der Waals surface area contributed by atoms with Gasteiger partial charge in [0.1, 0.15) is 5.69 Å². The summed E-state index contributed by atoms with van der Waals surface area (Å²) in [6.07, 6.45) is 4.47. The summed E-state index contributed by atoms with van der Waals surface area (Å²) in [6, 6.07) is 15.8. The highest BCUT2D eigenvalue weighted by atomic mass is 16.2. The lowest BCUT2D eigenvalue weighted by atomic mass is 10.1. The minimum atomic E-state index is -0.433. The average molecular weight is 459 g/mol. The third-order valence-electron chi connectivity index (χ3n) is 5.60. The van der Waals surface area contributed by atoms with E-state index >= 15 is 0 Å². The molecule has 174 valence electrons. The Morgan fingerprint density at radius 3 is 2.47 bits per heavy atom. The molecule has 2 aromatic heterocycles. The van der Waals surface area contributed by atoms with Gasteiger partial charge in [-0.3, -0.25) is 23.7 Å². The fraction of sp³-hybridized carbons (Fsp3) is 0.200. The van der Waals surface area contributed by atoms with Crippen LogP contribution in [0.15, 0.2) is 71.8 Å². The van der Waals surface area contributed by atoms with Crippen LogP contribution in [0.1, 0.15) is 28.0 Å². The number of amides is 2. The summed E-state index contributed by atoms with van der Waals surface area (Å²) in [6.45, 7) is 1.77. The smallest absolute Gasteiger partial charge is 0.295 e. The molecule has 0 saturated carbocycles. The summed E-state index contributed by atoms with van der Waals surface area (Å²) < 4.78 is 4.90. The summed E-state index contributed by atoms with van der Waals surface area (Å²) in [7, 11) is 3.59. The first kappa shape index (κ1) is 22.8. The number of hydrogen-bond donors (Lipinski definition) is 2. The number of anilines is 2. The first-order valence-corrected chi connectivity index (χ1v) is 10.9. The fourth-order valence-electron chi connectivity index (χ4n) is 3.72. The molecule has 2 heterocycles. The zero-order chi connectivity index (χ0) is 24.2. The highest BCUT2D eigenvalue weighted by molar-refractivity contribution is 6.05. The zero-order valence-electron chi connectivity index (χ0n) is 19.3. The highest BCUT2D eigenvalue weighted by Crippen LogP contribution is 2.17. The molecule has 4 aromatic rings. The van der Waals surface area contributed by atoms with Crippen LogP contribution in [0, 0.1) is 6.92 Å². The molecule has 0 radical (unpaired) electrons. The molecular weight excluding hydrogens is 432 g/mol. The molecule has 4 rings (SSSR count). The van der Waals surface area contributed by atoms with Gasteiger partial charge in [0.15, 0.2) is 0 Å². The summed E-state index contributed by atoms with van der Waals surface area (Å²) >= 11 is 0. The van der Waals surface area contributed by atoms with E-state index < -0.39 is 5.91 Å².